The van der Waals surface area contributed by atoms with E-state index in [0.29, 0.717) is 49.1 Å². The Labute approximate surface area is 236 Å². The number of nitrogens with one attached hydrogen (secondary N) is 1. The second-order valence-corrected chi connectivity index (χ2v) is 11.2. The number of likely N-dealkylation sites (tertiary alicyclic amines) is 1. The zero-order chi connectivity index (χ0) is 28.0. The molecule has 2 aromatic heterocycles. The molecular weight excluding hydrogens is 514 g/mol. The van der Waals surface area contributed by atoms with Gasteiger partial charge in [0.1, 0.15) is 18.7 Å². The van der Waals surface area contributed by atoms with Gasteiger partial charge in [0, 0.05) is 13.2 Å². The predicted molar refractivity (Wildman–Crippen MR) is 150 cm³/mol. The molecule has 4 rings (SSSR count). The number of hydrogen-bond donors (Lipinski definition) is 3. The van der Waals surface area contributed by atoms with Crippen molar-refractivity contribution in [2.24, 2.45) is 17.4 Å². The van der Waals surface area contributed by atoms with Gasteiger partial charge >= 0.3 is 6.09 Å². The molecule has 1 saturated carbocycles. The molecule has 0 unspecified atom stereocenters. The molecule has 222 valence electrons. The zero-order valence-electron chi connectivity index (χ0n) is 22.9. The Hall–Kier alpha value is -3.25. The molecule has 2 fully saturated rings. The monoisotopic (exact) mass is 559 g/mol. The number of rotatable bonds is 10. The van der Waals surface area contributed by atoms with Gasteiger partial charge < -0.3 is 26.3 Å². The summed E-state index contributed by atoms with van der Waals surface area (Å²) < 4.78 is 13.5. The number of hydrogen-bond acceptors (Lipinski definition) is 8. The van der Waals surface area contributed by atoms with Crippen molar-refractivity contribution in [1.29, 1.82) is 0 Å². The maximum Gasteiger partial charge on any atom is 0.410 e. The first kappa shape index (κ1) is 31.3. The fourth-order valence-electron chi connectivity index (χ4n) is 5.28. The number of nitrogens with zero attached hydrogens (tertiary/aromatic N) is 4. The summed E-state index contributed by atoms with van der Waals surface area (Å²) in [6.07, 6.45) is 7.84. The molecule has 12 nitrogen and oxygen atoms in total. The summed E-state index contributed by atoms with van der Waals surface area (Å²) in [6.45, 7) is 4.40. The number of aromatic nitrogens is 3. The second kappa shape index (κ2) is 13.9. The molecule has 0 radical (unpaired) electrons. The molecule has 0 spiro atoms. The Morgan fingerprint density at radius 2 is 1.82 bits per heavy atom. The molecule has 1 aliphatic carbocycles. The van der Waals surface area contributed by atoms with Crippen molar-refractivity contribution in [2.45, 2.75) is 96.9 Å². The Kier molecular flexibility index (Phi) is 10.9. The molecule has 5 N–H and O–H groups in total. The maximum atomic E-state index is 12.9. The molecular formula is C28H45N7O5. The van der Waals surface area contributed by atoms with E-state index < -0.39 is 29.6 Å². The van der Waals surface area contributed by atoms with Gasteiger partial charge in [-0.3, -0.25) is 18.9 Å². The molecule has 1 aliphatic heterocycles. The third-order valence-corrected chi connectivity index (χ3v) is 7.51. The molecule has 1 saturated heterocycles. The summed E-state index contributed by atoms with van der Waals surface area (Å²) in [5, 5.41) is 11.6. The van der Waals surface area contributed by atoms with Crippen LogP contribution in [-0.2, 0) is 25.7 Å². The van der Waals surface area contributed by atoms with Gasteiger partial charge in [-0.25, -0.2) is 4.79 Å². The highest BCUT2D eigenvalue weighted by molar-refractivity contribution is 5.85. The van der Waals surface area contributed by atoms with Gasteiger partial charge in [0.2, 0.25) is 11.8 Å². The maximum absolute atomic E-state index is 12.9. The molecule has 0 aromatic carbocycles. The number of primary amides is 1. The van der Waals surface area contributed by atoms with Crippen LogP contribution in [0.2, 0.25) is 0 Å². The average molecular weight is 560 g/mol. The third kappa shape index (κ3) is 7.69. The van der Waals surface area contributed by atoms with E-state index in [2.05, 4.69) is 15.5 Å². The third-order valence-electron chi connectivity index (χ3n) is 7.51. The first-order valence-corrected chi connectivity index (χ1v) is 13.9. The summed E-state index contributed by atoms with van der Waals surface area (Å²) >= 11 is 0. The number of carbonyl (C=O) groups is 3. The van der Waals surface area contributed by atoms with Crippen LogP contribution in [0.15, 0.2) is 18.2 Å². The van der Waals surface area contributed by atoms with Gasteiger partial charge in [0.25, 0.3) is 0 Å². The van der Waals surface area contributed by atoms with E-state index >= 15 is 0 Å². The van der Waals surface area contributed by atoms with Crippen LogP contribution in [0, 0.1) is 5.92 Å². The van der Waals surface area contributed by atoms with Crippen LogP contribution in [0.25, 0.3) is 5.65 Å². The molecule has 3 amide bonds. The summed E-state index contributed by atoms with van der Waals surface area (Å²) in [5.41, 5.74) is 11.5. The minimum Gasteiger partial charge on any atom is -0.443 e. The Morgan fingerprint density at radius 3 is 2.50 bits per heavy atom. The van der Waals surface area contributed by atoms with Crippen LogP contribution >= 0.6 is 0 Å². The highest BCUT2D eigenvalue weighted by Gasteiger charge is 2.34. The van der Waals surface area contributed by atoms with E-state index in [1.54, 1.807) is 36.4 Å². The lowest BCUT2D eigenvalue weighted by atomic mass is 10.0. The highest BCUT2D eigenvalue weighted by atomic mass is 16.6. The lowest BCUT2D eigenvalue weighted by molar-refractivity contribution is -0.126. The molecule has 2 atom stereocenters. The minimum absolute atomic E-state index is 0. The standard InChI is InChI=1S/C27H41N7O5.CH4/c1-27(2,29)25(36)30-20(17-38-15-18-9-5-3-4-6-10-18)24-32-31-22-13-7-11-19(34(22)24)16-39-26(37)33-14-8-12-21(33)23(28)35;/h7,11,13,18,20-21H,3-6,8-10,12,14-17,29H2,1-2H3,(H2,28,35)(H,30,36);1H4/t20-,21-;/m1./s1. The van der Waals surface area contributed by atoms with Crippen LogP contribution < -0.4 is 16.8 Å². The number of fused-ring (bicyclic) bond motifs is 1. The Bertz CT molecular complexity index is 1150. The van der Waals surface area contributed by atoms with Crippen molar-refractivity contribution in [3.63, 3.8) is 0 Å². The fraction of sp³-hybridized carbons (Fsp3) is 0.679. The minimum atomic E-state index is -1.11. The van der Waals surface area contributed by atoms with Crippen LogP contribution in [-0.4, -0.2) is 68.7 Å². The zero-order valence-corrected chi connectivity index (χ0v) is 22.9. The molecule has 2 aromatic rings. The smallest absolute Gasteiger partial charge is 0.410 e. The van der Waals surface area contributed by atoms with Crippen LogP contribution in [0.3, 0.4) is 0 Å². The van der Waals surface area contributed by atoms with Gasteiger partial charge in [0.05, 0.1) is 17.8 Å². The summed E-state index contributed by atoms with van der Waals surface area (Å²) in [7, 11) is 0. The van der Waals surface area contributed by atoms with Crippen molar-refractivity contribution < 1.29 is 23.9 Å². The number of amides is 3. The van der Waals surface area contributed by atoms with Gasteiger partial charge in [-0.2, -0.15) is 0 Å². The Balaban J connectivity index is 0.00000441. The van der Waals surface area contributed by atoms with Crippen molar-refractivity contribution in [3.05, 3.63) is 29.7 Å². The van der Waals surface area contributed by atoms with E-state index in [4.69, 9.17) is 20.9 Å². The van der Waals surface area contributed by atoms with Crippen molar-refractivity contribution >= 4 is 23.6 Å². The lowest BCUT2D eigenvalue weighted by Gasteiger charge is -2.25. The number of carbonyl (C=O) groups excluding carboxylic acids is 3. The number of nitrogens with two attached hydrogens (primary N) is 2. The van der Waals surface area contributed by atoms with E-state index in [0.717, 1.165) is 12.8 Å². The van der Waals surface area contributed by atoms with E-state index in [1.807, 2.05) is 0 Å². The van der Waals surface area contributed by atoms with Crippen LogP contribution in [0.4, 0.5) is 4.79 Å². The predicted octanol–water partition coefficient (Wildman–Crippen LogP) is 2.83. The quantitative estimate of drug-likeness (QED) is 0.374. The van der Waals surface area contributed by atoms with Gasteiger partial charge in [0.15, 0.2) is 11.5 Å². The molecule has 12 heteroatoms. The average Bonchev–Trinajstić information content (AvgIpc) is 3.48. The van der Waals surface area contributed by atoms with E-state index in [9.17, 15) is 14.4 Å². The summed E-state index contributed by atoms with van der Waals surface area (Å²) in [4.78, 5) is 38.7. The van der Waals surface area contributed by atoms with Crippen molar-refractivity contribution in [2.75, 3.05) is 19.8 Å². The second-order valence-electron chi connectivity index (χ2n) is 11.2. The molecule has 0 bridgehead atoms. The van der Waals surface area contributed by atoms with Crippen molar-refractivity contribution in [3.8, 4) is 0 Å². The van der Waals surface area contributed by atoms with Crippen LogP contribution in [0.1, 0.15) is 90.2 Å². The van der Waals surface area contributed by atoms with Gasteiger partial charge in [-0.15, -0.1) is 10.2 Å². The molecule has 2 aliphatic rings. The van der Waals surface area contributed by atoms with E-state index in [1.165, 1.54) is 30.6 Å². The van der Waals surface area contributed by atoms with E-state index in [-0.39, 0.29) is 26.5 Å². The number of pyridine rings is 1. The highest BCUT2D eigenvalue weighted by Crippen LogP contribution is 2.24. The fourth-order valence-corrected chi connectivity index (χ4v) is 5.28. The topological polar surface area (TPSA) is 167 Å². The lowest BCUT2D eigenvalue weighted by Crippen LogP contribution is -2.51. The normalized spacial score (nSPS) is 19.1. The van der Waals surface area contributed by atoms with Crippen LogP contribution in [0.5, 0.6) is 0 Å². The Morgan fingerprint density at radius 1 is 1.10 bits per heavy atom. The van der Waals surface area contributed by atoms with Gasteiger partial charge in [-0.05, 0) is 57.6 Å². The molecule has 3 heterocycles. The van der Waals surface area contributed by atoms with Crippen molar-refractivity contribution in [1.82, 2.24) is 24.8 Å². The summed E-state index contributed by atoms with van der Waals surface area (Å²) in [6, 6.07) is 4.07. The summed E-state index contributed by atoms with van der Waals surface area (Å²) in [5.74, 6) is 0.0525. The first-order valence-electron chi connectivity index (χ1n) is 13.9. The largest absolute Gasteiger partial charge is 0.443 e. The first-order chi connectivity index (χ1) is 18.6. The number of ether oxygens (including phenoxy) is 2. The SMILES string of the molecule is C.CC(C)(N)C(=O)N[C@H](COCC1CCCCCC1)c1nnc2cccc(COC(=O)N3CCC[C@@H]3C(N)=O)n12. The van der Waals surface area contributed by atoms with Gasteiger partial charge in [-0.1, -0.05) is 39.2 Å². The molecule has 40 heavy (non-hydrogen) atoms.